The Bertz CT molecular complexity index is 856. The van der Waals surface area contributed by atoms with Crippen molar-refractivity contribution in [3.63, 3.8) is 0 Å². The quantitative estimate of drug-likeness (QED) is 0.694. The largest absolute Gasteiger partial charge is 0.336 e. The van der Waals surface area contributed by atoms with Gasteiger partial charge in [-0.3, -0.25) is 0 Å². The topological polar surface area (TPSA) is 4.44 Å². The fourth-order valence-corrected chi connectivity index (χ4v) is 5.99. The van der Waals surface area contributed by atoms with E-state index in [1.54, 1.807) is 0 Å². The summed E-state index contributed by atoms with van der Waals surface area (Å²) >= 11 is 3.94. The van der Waals surface area contributed by atoms with Crippen molar-refractivity contribution in [1.82, 2.24) is 0 Å². The van der Waals surface area contributed by atoms with Crippen LogP contribution in [0.3, 0.4) is 0 Å². The van der Waals surface area contributed by atoms with Crippen LogP contribution in [0.4, 0.5) is 0 Å². The van der Waals surface area contributed by atoms with Gasteiger partial charge in [-0.25, -0.2) is 0 Å². The Morgan fingerprint density at radius 1 is 0.923 bits per heavy atom. The summed E-state index contributed by atoms with van der Waals surface area (Å²) in [5.74, 6) is 1.05. The molecule has 1 nitrogen and oxygen atoms in total. The molecular weight excluding hydrogens is 354 g/mol. The molecule has 3 heteroatoms. The Hall–Kier alpha value is -1.68. The lowest BCUT2D eigenvalue weighted by Crippen LogP contribution is -3.04. The van der Waals surface area contributed by atoms with Gasteiger partial charge in [0.2, 0.25) is 0 Å². The van der Waals surface area contributed by atoms with E-state index in [0.717, 1.165) is 12.3 Å². The van der Waals surface area contributed by atoms with Gasteiger partial charge in [0.1, 0.15) is 6.54 Å². The van der Waals surface area contributed by atoms with Crippen LogP contribution in [0.1, 0.15) is 27.5 Å². The van der Waals surface area contributed by atoms with Gasteiger partial charge in [0.15, 0.2) is 0 Å². The van der Waals surface area contributed by atoms with E-state index in [0.29, 0.717) is 5.25 Å². The van der Waals surface area contributed by atoms with Crippen LogP contribution in [0, 0.1) is 0 Å². The first-order valence-corrected chi connectivity index (χ1v) is 10.9. The highest BCUT2D eigenvalue weighted by Crippen LogP contribution is 2.48. The molecule has 0 saturated heterocycles. The lowest BCUT2D eigenvalue weighted by molar-refractivity contribution is -0.872. The maximum Gasteiger partial charge on any atom is 0.102 e. The molecule has 0 saturated carbocycles. The molecule has 1 aliphatic heterocycles. The van der Waals surface area contributed by atoms with E-state index in [-0.39, 0.29) is 0 Å². The Morgan fingerprint density at radius 3 is 2.54 bits per heavy atom. The number of hydrogen-bond acceptors (Lipinski definition) is 2. The second kappa shape index (κ2) is 7.91. The SMILES string of the molecule is C[NH+](C)Cc1cccc(S[C@@H]2c3ccccc3CSc3ccccc32)c1. The minimum atomic E-state index is 0.347. The zero-order valence-corrected chi connectivity index (χ0v) is 16.9. The zero-order valence-electron chi connectivity index (χ0n) is 15.2. The van der Waals surface area contributed by atoms with Gasteiger partial charge in [0, 0.05) is 21.1 Å². The van der Waals surface area contributed by atoms with Crippen LogP contribution >= 0.6 is 23.5 Å². The monoisotopic (exact) mass is 378 g/mol. The van der Waals surface area contributed by atoms with E-state index < -0.39 is 0 Å². The van der Waals surface area contributed by atoms with Crippen LogP contribution < -0.4 is 4.90 Å². The van der Waals surface area contributed by atoms with Crippen molar-refractivity contribution >= 4 is 23.5 Å². The zero-order chi connectivity index (χ0) is 17.9. The molecule has 1 heterocycles. The molecule has 3 aromatic carbocycles. The lowest BCUT2D eigenvalue weighted by Gasteiger charge is -2.20. The molecule has 0 aliphatic carbocycles. The van der Waals surface area contributed by atoms with E-state index in [4.69, 9.17) is 0 Å². The van der Waals surface area contributed by atoms with Crippen LogP contribution in [-0.4, -0.2) is 14.1 Å². The van der Waals surface area contributed by atoms with Crippen LogP contribution in [0.25, 0.3) is 0 Å². The molecule has 26 heavy (non-hydrogen) atoms. The van der Waals surface area contributed by atoms with E-state index in [2.05, 4.69) is 86.9 Å². The number of rotatable bonds is 4. The number of nitrogens with one attached hydrogen (secondary N) is 1. The Labute approximate surface area is 164 Å². The predicted octanol–water partition coefficient (Wildman–Crippen LogP) is 4.82. The van der Waals surface area contributed by atoms with Gasteiger partial charge >= 0.3 is 0 Å². The van der Waals surface area contributed by atoms with Gasteiger partial charge in [-0.05, 0) is 34.9 Å². The number of hydrogen-bond donors (Lipinski definition) is 1. The fraction of sp³-hybridized carbons (Fsp3) is 0.217. The lowest BCUT2D eigenvalue weighted by atomic mass is 10.0. The van der Waals surface area contributed by atoms with E-state index >= 15 is 0 Å². The van der Waals surface area contributed by atoms with E-state index in [9.17, 15) is 0 Å². The first kappa shape index (κ1) is 17.7. The third kappa shape index (κ3) is 3.85. The van der Waals surface area contributed by atoms with Gasteiger partial charge < -0.3 is 4.90 Å². The third-order valence-corrected chi connectivity index (χ3v) is 7.04. The summed E-state index contributed by atoms with van der Waals surface area (Å²) < 4.78 is 0. The normalized spacial score (nSPS) is 16.0. The van der Waals surface area contributed by atoms with Gasteiger partial charge in [-0.1, -0.05) is 54.6 Å². The minimum absolute atomic E-state index is 0.347. The summed E-state index contributed by atoms with van der Waals surface area (Å²) in [6, 6.07) is 26.9. The third-order valence-electron chi connectivity index (χ3n) is 4.63. The molecule has 1 atom stereocenters. The number of fused-ring (bicyclic) bond motifs is 2. The maximum atomic E-state index is 2.36. The van der Waals surface area contributed by atoms with Crippen molar-refractivity contribution in [2.24, 2.45) is 0 Å². The highest BCUT2D eigenvalue weighted by molar-refractivity contribution is 8.00. The van der Waals surface area contributed by atoms with Gasteiger partial charge in [-0.2, -0.15) is 0 Å². The molecule has 0 amide bonds. The molecule has 0 spiro atoms. The second-order valence-electron chi connectivity index (χ2n) is 7.05. The first-order valence-electron chi connectivity index (χ1n) is 9.05. The Kier molecular flexibility index (Phi) is 5.39. The highest BCUT2D eigenvalue weighted by Gasteiger charge is 2.24. The number of benzene rings is 3. The summed E-state index contributed by atoms with van der Waals surface area (Å²) in [6.45, 7) is 1.06. The van der Waals surface area contributed by atoms with Crippen molar-refractivity contribution < 1.29 is 4.90 Å². The Balaban J connectivity index is 1.74. The van der Waals surface area contributed by atoms with Gasteiger partial charge in [0.25, 0.3) is 0 Å². The minimum Gasteiger partial charge on any atom is -0.336 e. The molecule has 4 rings (SSSR count). The number of quaternary nitrogens is 1. The van der Waals surface area contributed by atoms with Crippen molar-refractivity contribution in [2.45, 2.75) is 27.3 Å². The standard InChI is InChI=1S/C23H23NS2/c1-24(2)15-17-8-7-10-19(14-17)26-23-20-11-4-3-9-18(20)16-25-22-13-6-5-12-21(22)23/h3-14,23H,15-16H2,1-2H3/p+1/t23-/m1/s1. The molecule has 132 valence electrons. The summed E-state index contributed by atoms with van der Waals surface area (Å²) in [5, 5.41) is 0.347. The van der Waals surface area contributed by atoms with Crippen molar-refractivity contribution in [2.75, 3.05) is 14.1 Å². The fourth-order valence-electron chi connectivity index (χ4n) is 3.47. The molecule has 0 bridgehead atoms. The summed E-state index contributed by atoms with van der Waals surface area (Å²) in [4.78, 5) is 4.22. The van der Waals surface area contributed by atoms with E-state index in [1.807, 2.05) is 23.5 Å². The average molecular weight is 379 g/mol. The molecule has 0 fully saturated rings. The first-order chi connectivity index (χ1) is 12.7. The molecule has 0 unspecified atom stereocenters. The summed E-state index contributed by atoms with van der Waals surface area (Å²) in [6.07, 6.45) is 0. The van der Waals surface area contributed by atoms with Crippen LogP contribution in [-0.2, 0) is 12.3 Å². The van der Waals surface area contributed by atoms with Crippen molar-refractivity contribution in [1.29, 1.82) is 0 Å². The summed E-state index contributed by atoms with van der Waals surface area (Å²) in [7, 11) is 4.41. The van der Waals surface area contributed by atoms with Crippen LogP contribution in [0.15, 0.2) is 82.6 Å². The molecule has 1 N–H and O–H groups in total. The maximum absolute atomic E-state index is 2.36. The second-order valence-corrected chi connectivity index (χ2v) is 9.25. The molecule has 1 aliphatic rings. The highest BCUT2D eigenvalue weighted by atomic mass is 32.2. The molecule has 3 aromatic rings. The van der Waals surface area contributed by atoms with Crippen LogP contribution in [0.2, 0.25) is 0 Å². The molecule has 0 aromatic heterocycles. The Morgan fingerprint density at radius 2 is 1.69 bits per heavy atom. The predicted molar refractivity (Wildman–Crippen MR) is 113 cm³/mol. The van der Waals surface area contributed by atoms with Crippen molar-refractivity contribution in [3.8, 4) is 0 Å². The van der Waals surface area contributed by atoms with Gasteiger partial charge in [-0.15, -0.1) is 23.5 Å². The van der Waals surface area contributed by atoms with E-state index in [1.165, 1.54) is 36.9 Å². The van der Waals surface area contributed by atoms with Gasteiger partial charge in [0.05, 0.1) is 19.3 Å². The van der Waals surface area contributed by atoms with Crippen molar-refractivity contribution in [3.05, 3.63) is 95.1 Å². The summed E-state index contributed by atoms with van der Waals surface area (Å²) in [5.41, 5.74) is 5.76. The number of thioether (sulfide) groups is 2. The van der Waals surface area contributed by atoms with Crippen LogP contribution in [0.5, 0.6) is 0 Å². The molecular formula is C23H24NS2+. The molecule has 0 radical (unpaired) electrons. The smallest absolute Gasteiger partial charge is 0.102 e. The average Bonchev–Trinajstić information content (AvgIpc) is 2.80.